The van der Waals surface area contributed by atoms with Crippen LogP contribution in [0.4, 0.5) is 10.3 Å². The van der Waals surface area contributed by atoms with E-state index in [0.29, 0.717) is 24.0 Å². The molecule has 0 spiro atoms. The van der Waals surface area contributed by atoms with Gasteiger partial charge in [-0.15, -0.1) is 0 Å². The highest BCUT2D eigenvalue weighted by atomic mass is 35.5. The number of nitrogens with one attached hydrogen (secondary N) is 1. The number of hydrogen-bond acceptors (Lipinski definition) is 6. The molecule has 1 unspecified atom stereocenters. The van der Waals surface area contributed by atoms with Crippen molar-refractivity contribution >= 4 is 25.9 Å². The van der Waals surface area contributed by atoms with Gasteiger partial charge in [-0.1, -0.05) is 52.8 Å². The van der Waals surface area contributed by atoms with Gasteiger partial charge in [0.1, 0.15) is 11.9 Å². The van der Waals surface area contributed by atoms with E-state index in [4.69, 9.17) is 20.8 Å². The van der Waals surface area contributed by atoms with Gasteiger partial charge in [0.15, 0.2) is 8.32 Å². The van der Waals surface area contributed by atoms with Crippen molar-refractivity contribution in [1.29, 1.82) is 0 Å². The normalized spacial score (nSPS) is 14.3. The Morgan fingerprint density at radius 2 is 1.75 bits per heavy atom. The van der Waals surface area contributed by atoms with Crippen LogP contribution in [-0.4, -0.2) is 35.9 Å². The molecule has 0 radical (unpaired) electrons. The number of benzene rings is 1. The maximum atomic E-state index is 14.1. The van der Waals surface area contributed by atoms with Crippen LogP contribution >= 0.6 is 11.6 Å². The van der Waals surface area contributed by atoms with Crippen LogP contribution in [0.25, 0.3) is 0 Å². The standard InChI is InChI=1S/C23H36ClFN4O2Si/c1-15(2)13-17(14-30-32(7,8)23(4,5)6)26-21-27-20(24)28-22(29-21)31-16(3)18-11-9-10-12-19(18)25/h9-12,15-17H,13-14H2,1-8H3,(H,26,27,28,29)/t16?,17-/m1/s1. The van der Waals surface area contributed by atoms with Gasteiger partial charge >= 0.3 is 6.01 Å². The molecule has 0 amide bonds. The van der Waals surface area contributed by atoms with Crippen LogP contribution in [0.3, 0.4) is 0 Å². The molecule has 0 bridgehead atoms. The van der Waals surface area contributed by atoms with Crippen molar-refractivity contribution in [2.24, 2.45) is 5.92 Å². The molecule has 0 fully saturated rings. The average molecular weight is 483 g/mol. The Morgan fingerprint density at radius 1 is 1.09 bits per heavy atom. The van der Waals surface area contributed by atoms with Gasteiger partial charge in [-0.3, -0.25) is 0 Å². The summed E-state index contributed by atoms with van der Waals surface area (Å²) in [7, 11) is -1.90. The third-order valence-corrected chi connectivity index (χ3v) is 10.4. The molecule has 0 aliphatic carbocycles. The van der Waals surface area contributed by atoms with Crippen molar-refractivity contribution < 1.29 is 13.6 Å². The highest BCUT2D eigenvalue weighted by Gasteiger charge is 2.37. The lowest BCUT2D eigenvalue weighted by Crippen LogP contribution is -2.44. The number of hydrogen-bond donors (Lipinski definition) is 1. The predicted octanol–water partition coefficient (Wildman–Crippen LogP) is 6.65. The minimum atomic E-state index is -1.90. The van der Waals surface area contributed by atoms with E-state index in [1.807, 2.05) is 0 Å². The van der Waals surface area contributed by atoms with Gasteiger partial charge in [0.25, 0.3) is 0 Å². The molecule has 1 N–H and O–H groups in total. The van der Waals surface area contributed by atoms with E-state index >= 15 is 0 Å². The molecule has 1 aromatic heterocycles. The maximum Gasteiger partial charge on any atom is 0.323 e. The lowest BCUT2D eigenvalue weighted by atomic mass is 10.0. The first kappa shape index (κ1) is 26.5. The summed E-state index contributed by atoms with van der Waals surface area (Å²) in [4.78, 5) is 12.6. The summed E-state index contributed by atoms with van der Waals surface area (Å²) >= 11 is 6.13. The molecule has 6 nitrogen and oxygen atoms in total. The molecule has 9 heteroatoms. The van der Waals surface area contributed by atoms with Gasteiger partial charge in [-0.2, -0.15) is 15.0 Å². The summed E-state index contributed by atoms with van der Waals surface area (Å²) in [5.41, 5.74) is 0.416. The summed E-state index contributed by atoms with van der Waals surface area (Å²) in [6.07, 6.45) is 0.288. The fraction of sp³-hybridized carbons (Fsp3) is 0.609. The topological polar surface area (TPSA) is 69.2 Å². The highest BCUT2D eigenvalue weighted by molar-refractivity contribution is 6.74. The lowest BCUT2D eigenvalue weighted by molar-refractivity contribution is 0.202. The third kappa shape index (κ3) is 7.67. The molecule has 178 valence electrons. The van der Waals surface area contributed by atoms with Crippen molar-refractivity contribution in [3.8, 4) is 6.01 Å². The number of nitrogens with zero attached hydrogens (tertiary/aromatic N) is 3. The maximum absolute atomic E-state index is 14.1. The second kappa shape index (κ2) is 10.9. The zero-order valence-electron chi connectivity index (χ0n) is 20.4. The smallest absolute Gasteiger partial charge is 0.323 e. The van der Waals surface area contributed by atoms with Gasteiger partial charge in [0.05, 0.1) is 12.6 Å². The van der Waals surface area contributed by atoms with Crippen LogP contribution < -0.4 is 10.1 Å². The van der Waals surface area contributed by atoms with E-state index in [1.54, 1.807) is 25.1 Å². The highest BCUT2D eigenvalue weighted by Crippen LogP contribution is 2.36. The number of ether oxygens (including phenoxy) is 1. The van der Waals surface area contributed by atoms with E-state index in [1.165, 1.54) is 6.07 Å². The van der Waals surface area contributed by atoms with Crippen LogP contribution in [0, 0.1) is 11.7 Å². The summed E-state index contributed by atoms with van der Waals surface area (Å²) in [6, 6.07) is 6.48. The molecule has 1 heterocycles. The molecule has 0 saturated heterocycles. The fourth-order valence-corrected chi connectivity index (χ4v) is 4.12. The Bertz CT molecular complexity index is 893. The SMILES string of the molecule is CC(C)C[C@H](CO[Si](C)(C)C(C)(C)C)Nc1nc(Cl)nc(OC(C)c2ccccc2F)n1. The molecule has 2 atom stereocenters. The first-order valence-electron chi connectivity index (χ1n) is 11.0. The molecule has 0 aliphatic heterocycles. The largest absolute Gasteiger partial charge is 0.455 e. The summed E-state index contributed by atoms with van der Waals surface area (Å²) < 4.78 is 26.3. The molecular formula is C23H36ClFN4O2Si. The van der Waals surface area contributed by atoms with E-state index in [0.717, 1.165) is 6.42 Å². The molecule has 2 rings (SSSR count). The number of rotatable bonds is 10. The summed E-state index contributed by atoms with van der Waals surface area (Å²) in [5.74, 6) is 0.410. The minimum absolute atomic E-state index is 0.000525. The Balaban J connectivity index is 2.16. The molecule has 1 aromatic carbocycles. The van der Waals surface area contributed by atoms with E-state index in [9.17, 15) is 4.39 Å². The Kier molecular flexibility index (Phi) is 9.02. The van der Waals surface area contributed by atoms with Crippen LogP contribution in [0.15, 0.2) is 24.3 Å². The first-order chi connectivity index (χ1) is 14.8. The van der Waals surface area contributed by atoms with Gasteiger partial charge < -0.3 is 14.5 Å². The van der Waals surface area contributed by atoms with Crippen LogP contribution in [0.5, 0.6) is 6.01 Å². The van der Waals surface area contributed by atoms with Gasteiger partial charge in [0.2, 0.25) is 11.2 Å². The second-order valence-electron chi connectivity index (χ2n) is 10.0. The van der Waals surface area contributed by atoms with Crippen molar-refractivity contribution in [3.05, 3.63) is 40.9 Å². The quantitative estimate of drug-likeness (QED) is 0.382. The minimum Gasteiger partial charge on any atom is -0.455 e. The zero-order valence-corrected chi connectivity index (χ0v) is 22.1. The van der Waals surface area contributed by atoms with Crippen molar-refractivity contribution in [3.63, 3.8) is 0 Å². The summed E-state index contributed by atoms with van der Waals surface area (Å²) in [6.45, 7) is 17.7. The Morgan fingerprint density at radius 3 is 2.34 bits per heavy atom. The van der Waals surface area contributed by atoms with Gasteiger partial charge in [0, 0.05) is 5.56 Å². The molecule has 0 saturated carbocycles. The Hall–Kier alpha value is -1.77. The van der Waals surface area contributed by atoms with Gasteiger partial charge in [-0.25, -0.2) is 4.39 Å². The molecule has 32 heavy (non-hydrogen) atoms. The monoisotopic (exact) mass is 482 g/mol. The number of anilines is 1. The molecule has 0 aliphatic rings. The van der Waals surface area contributed by atoms with Crippen LogP contribution in [0.2, 0.25) is 23.4 Å². The van der Waals surface area contributed by atoms with Gasteiger partial charge in [-0.05, 0) is 55.1 Å². The van der Waals surface area contributed by atoms with Crippen LogP contribution in [-0.2, 0) is 4.43 Å². The van der Waals surface area contributed by atoms with Crippen molar-refractivity contribution in [1.82, 2.24) is 15.0 Å². The zero-order chi connectivity index (χ0) is 24.1. The second-order valence-corrected chi connectivity index (χ2v) is 15.2. The van der Waals surface area contributed by atoms with E-state index in [-0.39, 0.29) is 28.2 Å². The fourth-order valence-electron chi connectivity index (χ4n) is 2.92. The predicted molar refractivity (Wildman–Crippen MR) is 130 cm³/mol. The molecule has 2 aromatic rings. The van der Waals surface area contributed by atoms with E-state index in [2.05, 4.69) is 68.0 Å². The average Bonchev–Trinajstić information content (AvgIpc) is 2.64. The number of halogens is 2. The molecular weight excluding hydrogens is 447 g/mol. The van der Waals surface area contributed by atoms with Crippen molar-refractivity contribution in [2.75, 3.05) is 11.9 Å². The third-order valence-electron chi connectivity index (χ3n) is 5.75. The number of aromatic nitrogens is 3. The lowest BCUT2D eigenvalue weighted by Gasteiger charge is -2.37. The first-order valence-corrected chi connectivity index (χ1v) is 14.3. The summed E-state index contributed by atoms with van der Waals surface area (Å²) in [5, 5.41) is 3.46. The van der Waals surface area contributed by atoms with E-state index < -0.39 is 14.4 Å². The Labute approximate surface area is 197 Å². The van der Waals surface area contributed by atoms with Crippen molar-refractivity contribution in [2.45, 2.75) is 78.2 Å². The van der Waals surface area contributed by atoms with Crippen LogP contribution in [0.1, 0.15) is 59.6 Å².